The minimum absolute atomic E-state index is 0.158. The molecule has 0 bridgehead atoms. The van der Waals surface area contributed by atoms with Crippen molar-refractivity contribution >= 4 is 17.3 Å². The van der Waals surface area contributed by atoms with E-state index < -0.39 is 5.91 Å². The number of amides is 1. The summed E-state index contributed by atoms with van der Waals surface area (Å²) >= 11 is 0. The number of benzene rings is 1. The number of primary amides is 1. The lowest BCUT2D eigenvalue weighted by molar-refractivity contribution is 0.0995. The molecule has 112 valence electrons. The number of hydrogen-bond acceptors (Lipinski definition) is 4. The molecule has 6 heteroatoms. The second kappa shape index (κ2) is 5.93. The number of nitrogens with zero attached hydrogens (tertiary/aromatic N) is 3. The Hall–Kier alpha value is -2.76. The Morgan fingerprint density at radius 2 is 2.00 bits per heavy atom. The Kier molecular flexibility index (Phi) is 3.82. The topological polar surface area (TPSA) is 72.1 Å². The lowest BCUT2D eigenvalue weighted by atomic mass is 9.99. The van der Waals surface area contributed by atoms with E-state index in [1.165, 1.54) is 23.9 Å². The normalized spacial score (nSPS) is 14.6. The Balaban J connectivity index is 1.77. The average molecular weight is 298 g/mol. The largest absolute Gasteiger partial charge is 0.364 e. The Labute approximate surface area is 127 Å². The van der Waals surface area contributed by atoms with E-state index >= 15 is 0 Å². The molecule has 0 atom stereocenters. The summed E-state index contributed by atoms with van der Waals surface area (Å²) in [5, 5.41) is 0. The fraction of sp³-hybridized carbons (Fsp3) is 0.188. The van der Waals surface area contributed by atoms with E-state index in [4.69, 9.17) is 5.73 Å². The van der Waals surface area contributed by atoms with Gasteiger partial charge < -0.3 is 10.6 Å². The van der Waals surface area contributed by atoms with Gasteiger partial charge in [0.15, 0.2) is 0 Å². The van der Waals surface area contributed by atoms with Crippen molar-refractivity contribution in [3.8, 4) is 0 Å². The summed E-state index contributed by atoms with van der Waals surface area (Å²) < 4.78 is 13.0. The van der Waals surface area contributed by atoms with Gasteiger partial charge in [0, 0.05) is 13.1 Å². The molecule has 3 rings (SSSR count). The highest BCUT2D eigenvalue weighted by Gasteiger charge is 2.16. The van der Waals surface area contributed by atoms with Crippen LogP contribution < -0.4 is 10.6 Å². The van der Waals surface area contributed by atoms with E-state index in [1.807, 2.05) is 4.90 Å². The van der Waals surface area contributed by atoms with E-state index in [0.717, 1.165) is 18.5 Å². The summed E-state index contributed by atoms with van der Waals surface area (Å²) in [6.07, 6.45) is 5.86. The van der Waals surface area contributed by atoms with Crippen molar-refractivity contribution in [1.29, 1.82) is 0 Å². The molecule has 1 aromatic carbocycles. The van der Waals surface area contributed by atoms with Gasteiger partial charge in [0.2, 0.25) is 0 Å². The molecule has 2 aromatic rings. The van der Waals surface area contributed by atoms with Crippen molar-refractivity contribution in [2.75, 3.05) is 18.0 Å². The van der Waals surface area contributed by atoms with Crippen LogP contribution in [0.2, 0.25) is 0 Å². The van der Waals surface area contributed by atoms with Crippen molar-refractivity contribution in [2.45, 2.75) is 6.42 Å². The fourth-order valence-electron chi connectivity index (χ4n) is 2.43. The smallest absolute Gasteiger partial charge is 0.268 e. The van der Waals surface area contributed by atoms with Gasteiger partial charge in [-0.1, -0.05) is 18.2 Å². The number of aromatic nitrogens is 2. The monoisotopic (exact) mass is 298 g/mol. The zero-order valence-electron chi connectivity index (χ0n) is 11.9. The third-order valence-electron chi connectivity index (χ3n) is 3.62. The predicted molar refractivity (Wildman–Crippen MR) is 81.8 cm³/mol. The SMILES string of the molecule is NC(=O)c1cncc(N2CC=C(c3ccc(F)cc3)CC2)n1. The van der Waals surface area contributed by atoms with Crippen LogP contribution in [0.3, 0.4) is 0 Å². The van der Waals surface area contributed by atoms with Crippen LogP contribution in [0.25, 0.3) is 5.57 Å². The van der Waals surface area contributed by atoms with Crippen molar-refractivity contribution < 1.29 is 9.18 Å². The molecule has 2 heterocycles. The van der Waals surface area contributed by atoms with E-state index in [0.29, 0.717) is 12.4 Å². The second-order valence-electron chi connectivity index (χ2n) is 5.06. The third-order valence-corrected chi connectivity index (χ3v) is 3.62. The van der Waals surface area contributed by atoms with Gasteiger partial charge in [0.05, 0.1) is 12.4 Å². The average Bonchev–Trinajstić information content (AvgIpc) is 2.56. The number of anilines is 1. The number of carbonyl (C=O) groups is 1. The van der Waals surface area contributed by atoms with Crippen LogP contribution in [0.5, 0.6) is 0 Å². The van der Waals surface area contributed by atoms with Gasteiger partial charge >= 0.3 is 0 Å². The van der Waals surface area contributed by atoms with Crippen LogP contribution in [0.1, 0.15) is 22.5 Å². The molecule has 22 heavy (non-hydrogen) atoms. The summed E-state index contributed by atoms with van der Waals surface area (Å²) in [6, 6.07) is 6.49. The van der Waals surface area contributed by atoms with Gasteiger partial charge in [-0.25, -0.2) is 9.37 Å². The van der Waals surface area contributed by atoms with Gasteiger partial charge in [-0.2, -0.15) is 0 Å². The van der Waals surface area contributed by atoms with Crippen molar-refractivity contribution in [2.24, 2.45) is 5.73 Å². The summed E-state index contributed by atoms with van der Waals surface area (Å²) in [7, 11) is 0. The van der Waals surface area contributed by atoms with Crippen LogP contribution >= 0.6 is 0 Å². The van der Waals surface area contributed by atoms with E-state index in [2.05, 4.69) is 16.0 Å². The molecule has 0 saturated heterocycles. The molecule has 0 saturated carbocycles. The minimum atomic E-state index is -0.589. The van der Waals surface area contributed by atoms with Crippen molar-refractivity contribution in [1.82, 2.24) is 9.97 Å². The van der Waals surface area contributed by atoms with Crippen LogP contribution in [0.4, 0.5) is 10.2 Å². The number of nitrogens with two attached hydrogens (primary N) is 1. The first-order valence-corrected chi connectivity index (χ1v) is 6.95. The zero-order chi connectivity index (χ0) is 15.5. The minimum Gasteiger partial charge on any atom is -0.364 e. The molecule has 2 N–H and O–H groups in total. The first kappa shape index (κ1) is 14.2. The number of carbonyl (C=O) groups excluding carboxylic acids is 1. The Morgan fingerprint density at radius 3 is 2.64 bits per heavy atom. The number of halogens is 1. The van der Waals surface area contributed by atoms with Gasteiger partial charge in [0.1, 0.15) is 17.3 Å². The maximum atomic E-state index is 13.0. The molecular weight excluding hydrogens is 283 g/mol. The van der Waals surface area contributed by atoms with E-state index in [9.17, 15) is 9.18 Å². The third kappa shape index (κ3) is 2.95. The van der Waals surface area contributed by atoms with Crippen LogP contribution in [-0.4, -0.2) is 29.0 Å². The van der Waals surface area contributed by atoms with Gasteiger partial charge in [-0.05, 0) is 29.7 Å². The molecule has 1 amide bonds. The highest BCUT2D eigenvalue weighted by molar-refractivity contribution is 5.90. The molecule has 1 aliphatic rings. The van der Waals surface area contributed by atoms with Crippen molar-refractivity contribution in [3.05, 3.63) is 59.8 Å². The van der Waals surface area contributed by atoms with Crippen LogP contribution in [0, 0.1) is 5.82 Å². The van der Waals surface area contributed by atoms with Gasteiger partial charge in [-0.15, -0.1) is 0 Å². The van der Waals surface area contributed by atoms with Crippen molar-refractivity contribution in [3.63, 3.8) is 0 Å². The molecule has 0 aliphatic carbocycles. The second-order valence-corrected chi connectivity index (χ2v) is 5.06. The molecule has 5 nitrogen and oxygen atoms in total. The first-order chi connectivity index (χ1) is 10.6. The fourth-order valence-corrected chi connectivity index (χ4v) is 2.43. The van der Waals surface area contributed by atoms with Gasteiger partial charge in [-0.3, -0.25) is 9.78 Å². The van der Waals surface area contributed by atoms with Gasteiger partial charge in [0.25, 0.3) is 5.91 Å². The number of rotatable bonds is 3. The summed E-state index contributed by atoms with van der Waals surface area (Å²) in [5.41, 5.74) is 7.58. The van der Waals surface area contributed by atoms with Crippen LogP contribution in [0.15, 0.2) is 42.7 Å². The lowest BCUT2D eigenvalue weighted by Crippen LogP contribution is -2.30. The van der Waals surface area contributed by atoms with E-state index in [-0.39, 0.29) is 11.5 Å². The summed E-state index contributed by atoms with van der Waals surface area (Å²) in [4.78, 5) is 21.4. The van der Waals surface area contributed by atoms with E-state index in [1.54, 1.807) is 18.3 Å². The Bertz CT molecular complexity index is 727. The summed E-state index contributed by atoms with van der Waals surface area (Å²) in [6.45, 7) is 1.41. The summed E-state index contributed by atoms with van der Waals surface area (Å²) in [5.74, 6) is -0.195. The highest BCUT2D eigenvalue weighted by Crippen LogP contribution is 2.24. The molecule has 0 spiro atoms. The first-order valence-electron chi connectivity index (χ1n) is 6.95. The zero-order valence-corrected chi connectivity index (χ0v) is 11.9. The maximum Gasteiger partial charge on any atom is 0.268 e. The molecule has 0 unspecified atom stereocenters. The Morgan fingerprint density at radius 1 is 1.23 bits per heavy atom. The quantitative estimate of drug-likeness (QED) is 0.941. The molecule has 1 aliphatic heterocycles. The lowest BCUT2D eigenvalue weighted by Gasteiger charge is -2.27. The standard InChI is InChI=1S/C16H15FN4O/c17-13-3-1-11(2-4-13)12-5-7-21(8-6-12)15-10-19-9-14(20-15)16(18)22/h1-5,9-10H,6-8H2,(H2,18,22). The van der Waals surface area contributed by atoms with Crippen LogP contribution in [-0.2, 0) is 0 Å². The molecule has 0 radical (unpaired) electrons. The molecule has 1 aromatic heterocycles. The molecular formula is C16H15FN4O. The highest BCUT2D eigenvalue weighted by atomic mass is 19.1. The maximum absolute atomic E-state index is 13.0. The number of hydrogen-bond donors (Lipinski definition) is 1. The molecule has 0 fully saturated rings. The predicted octanol–water partition coefficient (Wildman–Crippen LogP) is 2.01.